The number of hydrogen-bond donors (Lipinski definition) is 1. The molecule has 1 N–H and O–H groups in total. The van der Waals surface area contributed by atoms with Crippen LogP contribution in [0.3, 0.4) is 0 Å². The van der Waals surface area contributed by atoms with Gasteiger partial charge in [0.2, 0.25) is 0 Å². The van der Waals surface area contributed by atoms with Gasteiger partial charge in [-0.2, -0.15) is 0 Å². The Hall–Kier alpha value is -3.92. The predicted octanol–water partition coefficient (Wildman–Crippen LogP) is 5.43. The van der Waals surface area contributed by atoms with Gasteiger partial charge in [0.1, 0.15) is 22.8 Å². The quantitative estimate of drug-likeness (QED) is 0.375. The van der Waals surface area contributed by atoms with Gasteiger partial charge < -0.3 is 14.2 Å². The van der Waals surface area contributed by atoms with Crippen molar-refractivity contribution in [1.29, 1.82) is 0 Å². The van der Waals surface area contributed by atoms with E-state index in [1.165, 1.54) is 51.6 Å². The molecule has 0 aliphatic rings. The normalized spacial score (nSPS) is 11.3. The Balaban J connectivity index is 1.63. The van der Waals surface area contributed by atoms with Crippen molar-refractivity contribution in [3.05, 3.63) is 78.0 Å². The van der Waals surface area contributed by atoms with E-state index in [2.05, 4.69) is 9.71 Å². The molecule has 0 saturated carbocycles. The van der Waals surface area contributed by atoms with Crippen molar-refractivity contribution in [3.63, 3.8) is 0 Å². The lowest BCUT2D eigenvalue weighted by molar-refractivity contribution is 0.358. The number of benzene rings is 3. The van der Waals surface area contributed by atoms with E-state index in [9.17, 15) is 17.2 Å². The predicted molar refractivity (Wildman–Crippen MR) is 123 cm³/mol. The molecule has 0 aliphatic heterocycles. The third kappa shape index (κ3) is 4.32. The topological polar surface area (TPSA) is 86.8 Å². The lowest BCUT2D eigenvalue weighted by Gasteiger charge is -2.14. The minimum Gasteiger partial charge on any atom is -0.493 e. The van der Waals surface area contributed by atoms with Gasteiger partial charge in [0, 0.05) is 23.2 Å². The van der Waals surface area contributed by atoms with Crippen molar-refractivity contribution in [2.45, 2.75) is 11.8 Å². The number of fused-ring (bicyclic) bond motifs is 1. The monoisotopic (exact) mass is 486 g/mol. The van der Waals surface area contributed by atoms with Crippen molar-refractivity contribution in [1.82, 2.24) is 4.98 Å². The second kappa shape index (κ2) is 9.14. The first-order valence-corrected chi connectivity index (χ1v) is 11.5. The van der Waals surface area contributed by atoms with Gasteiger partial charge in [-0.05, 0) is 49.4 Å². The summed E-state index contributed by atoms with van der Waals surface area (Å²) in [7, 11) is -1.20. The van der Waals surface area contributed by atoms with Crippen molar-refractivity contribution < 1.29 is 31.4 Å². The summed E-state index contributed by atoms with van der Waals surface area (Å²) in [4.78, 5) is 4.04. The molecule has 4 rings (SSSR count). The molecule has 0 aliphatic carbocycles. The fourth-order valence-electron chi connectivity index (χ4n) is 3.44. The Morgan fingerprint density at radius 2 is 1.71 bits per heavy atom. The summed E-state index contributed by atoms with van der Waals surface area (Å²) in [6.45, 7) is 1.33. The molecular formula is C24H20F2N2O5S. The molecule has 1 aromatic heterocycles. The molecule has 0 fully saturated rings. The fraction of sp³-hybridized carbons (Fsp3) is 0.125. The van der Waals surface area contributed by atoms with E-state index in [1.54, 1.807) is 18.2 Å². The van der Waals surface area contributed by atoms with Crippen LogP contribution in [0.2, 0.25) is 0 Å². The number of hydrogen-bond acceptors (Lipinski definition) is 6. The molecule has 1 heterocycles. The van der Waals surface area contributed by atoms with E-state index in [0.29, 0.717) is 28.2 Å². The van der Waals surface area contributed by atoms with Gasteiger partial charge in [-0.3, -0.25) is 9.71 Å². The third-order valence-corrected chi connectivity index (χ3v) is 6.64. The number of nitrogens with one attached hydrogen (secondary N) is 1. The Labute approximate surface area is 195 Å². The standard InChI is InChI=1S/C24H20F2N2O5S/c1-14-17(25)5-4-6-22(14)34(29,30)28-19-9-7-15(13-18(19)26)33-20-11-12-27-23-16(20)8-10-21(31-2)24(23)32-3/h4-13,28H,1-3H3. The molecule has 176 valence electrons. The molecule has 4 aromatic rings. The highest BCUT2D eigenvalue weighted by Gasteiger charge is 2.21. The van der Waals surface area contributed by atoms with Crippen LogP contribution in [0.25, 0.3) is 10.9 Å². The van der Waals surface area contributed by atoms with Crippen LogP contribution in [0.5, 0.6) is 23.0 Å². The smallest absolute Gasteiger partial charge is 0.262 e. The molecule has 3 aromatic carbocycles. The first kappa shape index (κ1) is 23.2. The Kier molecular flexibility index (Phi) is 6.25. The highest BCUT2D eigenvalue weighted by atomic mass is 32.2. The molecule has 7 nitrogen and oxygen atoms in total. The number of nitrogens with zero attached hydrogens (tertiary/aromatic N) is 1. The van der Waals surface area contributed by atoms with Crippen molar-refractivity contribution >= 4 is 26.6 Å². The minimum absolute atomic E-state index is 0.0630. The molecule has 34 heavy (non-hydrogen) atoms. The zero-order chi connectivity index (χ0) is 24.5. The fourth-order valence-corrected chi connectivity index (χ4v) is 4.77. The van der Waals surface area contributed by atoms with E-state index in [4.69, 9.17) is 14.2 Å². The minimum atomic E-state index is -4.21. The summed E-state index contributed by atoms with van der Waals surface area (Å²) < 4.78 is 72.6. The van der Waals surface area contributed by atoms with E-state index >= 15 is 0 Å². The molecule has 0 bridgehead atoms. The van der Waals surface area contributed by atoms with Gasteiger partial charge in [0.25, 0.3) is 10.0 Å². The Morgan fingerprint density at radius 1 is 0.912 bits per heavy atom. The van der Waals surface area contributed by atoms with E-state index in [0.717, 1.165) is 12.1 Å². The van der Waals surface area contributed by atoms with Crippen LogP contribution in [-0.2, 0) is 10.0 Å². The number of rotatable bonds is 7. The second-order valence-corrected chi connectivity index (χ2v) is 8.87. The molecule has 0 amide bonds. The largest absolute Gasteiger partial charge is 0.493 e. The molecule has 0 saturated heterocycles. The lowest BCUT2D eigenvalue weighted by atomic mass is 10.1. The van der Waals surface area contributed by atoms with Crippen LogP contribution in [0, 0.1) is 18.6 Å². The van der Waals surface area contributed by atoms with Crippen LogP contribution < -0.4 is 18.9 Å². The van der Waals surface area contributed by atoms with E-state index in [-0.39, 0.29) is 21.9 Å². The average molecular weight is 486 g/mol. The Bertz CT molecular complexity index is 1490. The summed E-state index contributed by atoms with van der Waals surface area (Å²) >= 11 is 0. The maximum atomic E-state index is 14.8. The van der Waals surface area contributed by atoms with E-state index < -0.39 is 21.7 Å². The molecular weight excluding hydrogens is 466 g/mol. The number of aromatic nitrogens is 1. The number of methoxy groups -OCH3 is 2. The molecule has 10 heteroatoms. The molecule has 0 unspecified atom stereocenters. The maximum absolute atomic E-state index is 14.8. The van der Waals surface area contributed by atoms with Crippen molar-refractivity contribution in [2.75, 3.05) is 18.9 Å². The van der Waals surface area contributed by atoms with Crippen LogP contribution in [-0.4, -0.2) is 27.6 Å². The van der Waals surface area contributed by atoms with Crippen molar-refractivity contribution in [3.8, 4) is 23.0 Å². The highest BCUT2D eigenvalue weighted by Crippen LogP contribution is 2.39. The third-order valence-electron chi connectivity index (χ3n) is 5.13. The second-order valence-electron chi connectivity index (χ2n) is 7.22. The van der Waals surface area contributed by atoms with Gasteiger partial charge in [-0.15, -0.1) is 0 Å². The molecule has 0 radical (unpaired) electrons. The van der Waals surface area contributed by atoms with Gasteiger partial charge in [-0.1, -0.05) is 6.07 Å². The summed E-state index contributed by atoms with van der Waals surface area (Å²) in [5.41, 5.74) is 0.128. The number of ether oxygens (including phenoxy) is 3. The molecule has 0 spiro atoms. The van der Waals surface area contributed by atoms with Gasteiger partial charge in [-0.25, -0.2) is 17.2 Å². The molecule has 0 atom stereocenters. The first-order valence-electron chi connectivity index (χ1n) is 10.00. The summed E-state index contributed by atoms with van der Waals surface area (Å²) in [6.07, 6.45) is 1.51. The lowest BCUT2D eigenvalue weighted by Crippen LogP contribution is -2.15. The van der Waals surface area contributed by atoms with E-state index in [1.807, 2.05) is 0 Å². The SMILES string of the molecule is COc1ccc2c(Oc3ccc(NS(=O)(=O)c4cccc(F)c4C)c(F)c3)ccnc2c1OC. The number of pyridine rings is 1. The average Bonchev–Trinajstić information content (AvgIpc) is 2.81. The number of halogens is 2. The summed E-state index contributed by atoms with van der Waals surface area (Å²) in [5.74, 6) is -0.109. The van der Waals surface area contributed by atoms with Gasteiger partial charge >= 0.3 is 0 Å². The number of sulfonamides is 1. The zero-order valence-electron chi connectivity index (χ0n) is 18.4. The summed E-state index contributed by atoms with van der Waals surface area (Å²) in [5, 5.41) is 0.604. The highest BCUT2D eigenvalue weighted by molar-refractivity contribution is 7.92. The maximum Gasteiger partial charge on any atom is 0.262 e. The van der Waals surface area contributed by atoms with Crippen molar-refractivity contribution in [2.24, 2.45) is 0 Å². The number of anilines is 1. The van der Waals surface area contributed by atoms with Gasteiger partial charge in [0.05, 0.1) is 24.8 Å². The van der Waals surface area contributed by atoms with Crippen LogP contribution in [0.15, 0.2) is 65.7 Å². The summed E-state index contributed by atoms with van der Waals surface area (Å²) in [6, 6.07) is 12.4. The zero-order valence-corrected chi connectivity index (χ0v) is 19.2. The Morgan fingerprint density at radius 3 is 2.41 bits per heavy atom. The van der Waals surface area contributed by atoms with Crippen LogP contribution >= 0.6 is 0 Å². The van der Waals surface area contributed by atoms with Crippen LogP contribution in [0.4, 0.5) is 14.5 Å². The van der Waals surface area contributed by atoms with Gasteiger partial charge in [0.15, 0.2) is 17.3 Å². The van der Waals surface area contributed by atoms with Crippen LogP contribution in [0.1, 0.15) is 5.56 Å². The first-order chi connectivity index (χ1) is 16.2.